The van der Waals surface area contributed by atoms with E-state index in [2.05, 4.69) is 15.6 Å². The fourth-order valence-corrected chi connectivity index (χ4v) is 3.34. The number of nitrogens with one attached hydrogen (secondary N) is 2. The Morgan fingerprint density at radius 3 is 2.79 bits per heavy atom. The number of rotatable bonds is 8. The van der Waals surface area contributed by atoms with Crippen LogP contribution in [0.15, 0.2) is 42.7 Å². The van der Waals surface area contributed by atoms with Crippen molar-refractivity contribution in [2.45, 2.75) is 25.6 Å². The van der Waals surface area contributed by atoms with E-state index < -0.39 is 6.04 Å². The van der Waals surface area contributed by atoms with Crippen LogP contribution >= 0.6 is 0 Å². The van der Waals surface area contributed by atoms with Crippen molar-refractivity contribution in [1.82, 2.24) is 20.5 Å². The van der Waals surface area contributed by atoms with E-state index in [0.29, 0.717) is 37.7 Å². The summed E-state index contributed by atoms with van der Waals surface area (Å²) in [5.41, 5.74) is 1.90. The van der Waals surface area contributed by atoms with Crippen LogP contribution < -0.4 is 20.1 Å². The van der Waals surface area contributed by atoms with Gasteiger partial charge >= 0.3 is 0 Å². The standard InChI is InChI=1S/C21H26N4O4/c1-28-18-6-5-15(10-19(18)29-2)14-25-9-8-23-21(27)17(25)11-20(26)24-13-16-4-3-7-22-12-16/h3-7,10,12,17H,8-9,11,13-14H2,1-2H3,(H,23,27)(H,24,26). The molecular formula is C21H26N4O4. The Morgan fingerprint density at radius 1 is 1.24 bits per heavy atom. The normalized spacial score (nSPS) is 16.8. The molecule has 1 saturated heterocycles. The summed E-state index contributed by atoms with van der Waals surface area (Å²) in [7, 11) is 3.18. The second-order valence-corrected chi connectivity index (χ2v) is 6.81. The lowest BCUT2D eigenvalue weighted by molar-refractivity contribution is -0.134. The number of hydrogen-bond donors (Lipinski definition) is 2. The molecule has 154 valence electrons. The van der Waals surface area contributed by atoms with Crippen molar-refractivity contribution in [2.24, 2.45) is 0 Å². The van der Waals surface area contributed by atoms with Crippen LogP contribution in [0.25, 0.3) is 0 Å². The van der Waals surface area contributed by atoms with Gasteiger partial charge < -0.3 is 20.1 Å². The van der Waals surface area contributed by atoms with E-state index in [1.807, 2.05) is 35.2 Å². The summed E-state index contributed by atoms with van der Waals surface area (Å²) >= 11 is 0. The minimum atomic E-state index is -0.522. The molecule has 0 radical (unpaired) electrons. The van der Waals surface area contributed by atoms with Gasteiger partial charge in [0.05, 0.1) is 26.7 Å². The van der Waals surface area contributed by atoms with Gasteiger partial charge in [0.25, 0.3) is 0 Å². The van der Waals surface area contributed by atoms with Crippen LogP contribution in [-0.2, 0) is 22.7 Å². The molecule has 2 N–H and O–H groups in total. The Kier molecular flexibility index (Phi) is 7.02. The van der Waals surface area contributed by atoms with Crippen molar-refractivity contribution >= 4 is 11.8 Å². The van der Waals surface area contributed by atoms with Crippen LogP contribution in [0.2, 0.25) is 0 Å². The van der Waals surface area contributed by atoms with Gasteiger partial charge in [0, 0.05) is 38.6 Å². The third-order valence-corrected chi connectivity index (χ3v) is 4.87. The van der Waals surface area contributed by atoms with Crippen molar-refractivity contribution in [3.63, 3.8) is 0 Å². The highest BCUT2D eigenvalue weighted by molar-refractivity contribution is 5.88. The van der Waals surface area contributed by atoms with E-state index in [1.165, 1.54) is 0 Å². The number of ether oxygens (including phenoxy) is 2. The van der Waals surface area contributed by atoms with Crippen LogP contribution in [0, 0.1) is 0 Å². The number of carbonyl (C=O) groups is 2. The number of amides is 2. The molecule has 2 aromatic rings. The summed E-state index contributed by atoms with van der Waals surface area (Å²) in [5, 5.41) is 5.71. The first-order valence-corrected chi connectivity index (χ1v) is 9.49. The molecule has 29 heavy (non-hydrogen) atoms. The number of benzene rings is 1. The molecule has 1 fully saturated rings. The lowest BCUT2D eigenvalue weighted by atomic mass is 10.1. The van der Waals surface area contributed by atoms with Crippen LogP contribution in [-0.4, -0.2) is 55.0 Å². The third-order valence-electron chi connectivity index (χ3n) is 4.87. The van der Waals surface area contributed by atoms with Gasteiger partial charge in [-0.2, -0.15) is 0 Å². The van der Waals surface area contributed by atoms with E-state index in [4.69, 9.17) is 9.47 Å². The van der Waals surface area contributed by atoms with Crippen molar-refractivity contribution in [1.29, 1.82) is 0 Å². The van der Waals surface area contributed by atoms with Crippen LogP contribution in [0.4, 0.5) is 0 Å². The smallest absolute Gasteiger partial charge is 0.237 e. The van der Waals surface area contributed by atoms with Crippen molar-refractivity contribution in [2.75, 3.05) is 27.3 Å². The predicted octanol–water partition coefficient (Wildman–Crippen LogP) is 1.11. The van der Waals surface area contributed by atoms with Crippen molar-refractivity contribution in [3.8, 4) is 11.5 Å². The number of pyridine rings is 1. The highest BCUT2D eigenvalue weighted by Crippen LogP contribution is 2.28. The maximum atomic E-state index is 12.4. The average molecular weight is 398 g/mol. The molecule has 8 nitrogen and oxygen atoms in total. The Balaban J connectivity index is 1.64. The maximum Gasteiger partial charge on any atom is 0.237 e. The fourth-order valence-electron chi connectivity index (χ4n) is 3.34. The van der Waals surface area contributed by atoms with Crippen LogP contribution in [0.1, 0.15) is 17.5 Å². The number of hydrogen-bond acceptors (Lipinski definition) is 6. The Morgan fingerprint density at radius 2 is 2.07 bits per heavy atom. The van der Waals surface area contributed by atoms with Gasteiger partial charge in [0.15, 0.2) is 11.5 Å². The monoisotopic (exact) mass is 398 g/mol. The molecule has 2 amide bonds. The van der Waals surface area contributed by atoms with Gasteiger partial charge in [-0.3, -0.25) is 19.5 Å². The van der Waals surface area contributed by atoms with Crippen LogP contribution in [0.3, 0.4) is 0 Å². The fraction of sp³-hybridized carbons (Fsp3) is 0.381. The number of methoxy groups -OCH3 is 2. The molecule has 2 heterocycles. The second-order valence-electron chi connectivity index (χ2n) is 6.81. The minimum absolute atomic E-state index is 0.0966. The average Bonchev–Trinajstić information content (AvgIpc) is 2.75. The van der Waals surface area contributed by atoms with Gasteiger partial charge in [-0.25, -0.2) is 0 Å². The maximum absolute atomic E-state index is 12.4. The van der Waals surface area contributed by atoms with Gasteiger partial charge in [0.2, 0.25) is 11.8 Å². The molecule has 0 saturated carbocycles. The van der Waals surface area contributed by atoms with E-state index in [0.717, 1.165) is 11.1 Å². The Bertz CT molecular complexity index is 844. The van der Waals surface area contributed by atoms with E-state index in [1.54, 1.807) is 26.6 Å². The zero-order chi connectivity index (χ0) is 20.6. The molecular weight excluding hydrogens is 372 g/mol. The molecule has 1 atom stereocenters. The van der Waals surface area contributed by atoms with E-state index in [9.17, 15) is 9.59 Å². The van der Waals surface area contributed by atoms with Gasteiger partial charge in [-0.05, 0) is 29.3 Å². The lowest BCUT2D eigenvalue weighted by Gasteiger charge is -2.34. The Hall–Kier alpha value is -3.13. The molecule has 1 aliphatic rings. The predicted molar refractivity (Wildman–Crippen MR) is 107 cm³/mol. The summed E-state index contributed by atoms with van der Waals surface area (Å²) in [6.45, 7) is 2.14. The van der Waals surface area contributed by atoms with Gasteiger partial charge in [0.1, 0.15) is 0 Å². The number of aromatic nitrogens is 1. The summed E-state index contributed by atoms with van der Waals surface area (Å²) < 4.78 is 10.6. The lowest BCUT2D eigenvalue weighted by Crippen LogP contribution is -2.56. The minimum Gasteiger partial charge on any atom is -0.493 e. The topological polar surface area (TPSA) is 92.8 Å². The van der Waals surface area contributed by atoms with Gasteiger partial charge in [-0.1, -0.05) is 12.1 Å². The van der Waals surface area contributed by atoms with Crippen LogP contribution in [0.5, 0.6) is 11.5 Å². The molecule has 1 unspecified atom stereocenters. The first-order chi connectivity index (χ1) is 14.1. The number of carbonyl (C=O) groups excluding carboxylic acids is 2. The molecule has 1 aromatic heterocycles. The molecule has 0 spiro atoms. The summed E-state index contributed by atoms with van der Waals surface area (Å²) in [6.07, 6.45) is 3.49. The number of piperazine rings is 1. The molecule has 8 heteroatoms. The zero-order valence-corrected chi connectivity index (χ0v) is 16.7. The van der Waals surface area contributed by atoms with Crippen molar-refractivity contribution < 1.29 is 19.1 Å². The first-order valence-electron chi connectivity index (χ1n) is 9.49. The summed E-state index contributed by atoms with van der Waals surface area (Å²) in [4.78, 5) is 30.9. The molecule has 1 aromatic carbocycles. The van der Waals surface area contributed by atoms with Gasteiger partial charge in [-0.15, -0.1) is 0 Å². The Labute approximate surface area is 170 Å². The zero-order valence-electron chi connectivity index (χ0n) is 16.7. The quantitative estimate of drug-likeness (QED) is 0.692. The highest BCUT2D eigenvalue weighted by atomic mass is 16.5. The molecule has 3 rings (SSSR count). The molecule has 0 aliphatic carbocycles. The summed E-state index contributed by atoms with van der Waals surface area (Å²) in [6, 6.07) is 8.86. The first kappa shape index (κ1) is 20.6. The number of nitrogens with zero attached hydrogens (tertiary/aromatic N) is 2. The largest absolute Gasteiger partial charge is 0.493 e. The van der Waals surface area contributed by atoms with E-state index in [-0.39, 0.29) is 18.2 Å². The molecule has 0 bridgehead atoms. The molecule has 1 aliphatic heterocycles. The summed E-state index contributed by atoms with van der Waals surface area (Å²) in [5.74, 6) is 0.984. The van der Waals surface area contributed by atoms with E-state index >= 15 is 0 Å². The third kappa shape index (κ3) is 5.45. The van der Waals surface area contributed by atoms with Crippen molar-refractivity contribution in [3.05, 3.63) is 53.9 Å². The second kappa shape index (κ2) is 9.88. The highest BCUT2D eigenvalue weighted by Gasteiger charge is 2.31. The SMILES string of the molecule is COc1ccc(CN2CCNC(=O)C2CC(=O)NCc2cccnc2)cc1OC.